The topological polar surface area (TPSA) is 78.0 Å². The second-order valence-electron chi connectivity index (χ2n) is 4.68. The lowest BCUT2D eigenvalue weighted by atomic mass is 10.1. The van der Waals surface area contributed by atoms with E-state index in [1.54, 1.807) is 48.5 Å². The quantitative estimate of drug-likeness (QED) is 0.690. The molecule has 1 amide bonds. The summed E-state index contributed by atoms with van der Waals surface area (Å²) in [6.45, 7) is 0. The maximum absolute atomic E-state index is 12.1. The molecule has 3 aromatic rings. The predicted octanol–water partition coefficient (Wildman–Crippen LogP) is 3.69. The molecular weight excluding hydrogens is 302 g/mol. The van der Waals surface area contributed by atoms with E-state index in [1.165, 1.54) is 0 Å². The molecule has 5 nitrogen and oxygen atoms in total. The Hall–Kier alpha value is -2.79. The minimum Gasteiger partial charge on any atom is -0.508 e. The molecule has 22 heavy (non-hydrogen) atoms. The molecule has 0 radical (unpaired) electrons. The van der Waals surface area contributed by atoms with Crippen molar-refractivity contribution >= 4 is 23.2 Å². The van der Waals surface area contributed by atoms with Gasteiger partial charge in [-0.3, -0.25) is 9.89 Å². The lowest BCUT2D eigenvalue weighted by Crippen LogP contribution is -2.12. The second kappa shape index (κ2) is 5.91. The normalized spacial score (nSPS) is 10.4. The second-order valence-corrected chi connectivity index (χ2v) is 5.11. The average Bonchev–Trinajstić information content (AvgIpc) is 3.00. The zero-order chi connectivity index (χ0) is 15.5. The number of benzene rings is 2. The molecule has 6 heteroatoms. The summed E-state index contributed by atoms with van der Waals surface area (Å²) in [5.74, 6) is -0.177. The maximum atomic E-state index is 12.1. The van der Waals surface area contributed by atoms with Gasteiger partial charge in [-0.2, -0.15) is 5.10 Å². The zero-order valence-electron chi connectivity index (χ0n) is 11.4. The van der Waals surface area contributed by atoms with E-state index in [1.807, 2.05) is 6.07 Å². The molecule has 110 valence electrons. The number of rotatable bonds is 3. The Morgan fingerprint density at radius 2 is 1.91 bits per heavy atom. The molecule has 0 atom stereocenters. The molecule has 1 aromatic heterocycles. The van der Waals surface area contributed by atoms with E-state index in [2.05, 4.69) is 15.5 Å². The number of nitrogens with one attached hydrogen (secondary N) is 2. The van der Waals surface area contributed by atoms with Crippen LogP contribution in [-0.4, -0.2) is 21.2 Å². The minimum atomic E-state index is -0.329. The molecule has 0 aliphatic carbocycles. The van der Waals surface area contributed by atoms with Crippen LogP contribution in [-0.2, 0) is 0 Å². The molecule has 1 heterocycles. The number of phenolic OH excluding ortho intramolecular Hbond substituents is 1. The Balaban J connectivity index is 1.78. The Labute approximate surface area is 131 Å². The Kier molecular flexibility index (Phi) is 3.80. The number of hydrogen-bond donors (Lipinski definition) is 3. The Morgan fingerprint density at radius 1 is 1.14 bits per heavy atom. The summed E-state index contributed by atoms with van der Waals surface area (Å²) in [7, 11) is 0. The van der Waals surface area contributed by atoms with Crippen LogP contribution in [0.1, 0.15) is 10.5 Å². The van der Waals surface area contributed by atoms with Crippen LogP contribution in [0.25, 0.3) is 11.3 Å². The lowest BCUT2D eigenvalue weighted by molar-refractivity contribution is 0.102. The number of carbonyl (C=O) groups is 1. The van der Waals surface area contributed by atoms with Gasteiger partial charge < -0.3 is 10.4 Å². The minimum absolute atomic E-state index is 0.152. The van der Waals surface area contributed by atoms with Crippen molar-refractivity contribution in [2.24, 2.45) is 0 Å². The summed E-state index contributed by atoms with van der Waals surface area (Å²) in [6.07, 6.45) is 0. The van der Waals surface area contributed by atoms with Gasteiger partial charge in [-0.1, -0.05) is 23.7 Å². The largest absolute Gasteiger partial charge is 0.508 e. The molecule has 0 saturated heterocycles. The van der Waals surface area contributed by atoms with Crippen molar-refractivity contribution in [3.8, 4) is 17.0 Å². The van der Waals surface area contributed by atoms with Gasteiger partial charge in [0.1, 0.15) is 5.75 Å². The Bertz CT molecular complexity index is 812. The third-order valence-corrected chi connectivity index (χ3v) is 3.32. The predicted molar refractivity (Wildman–Crippen MR) is 85.1 cm³/mol. The van der Waals surface area contributed by atoms with Gasteiger partial charge >= 0.3 is 0 Å². The molecule has 0 saturated carbocycles. The number of nitrogens with zero attached hydrogens (tertiary/aromatic N) is 1. The summed E-state index contributed by atoms with van der Waals surface area (Å²) in [4.78, 5) is 12.1. The van der Waals surface area contributed by atoms with E-state index < -0.39 is 0 Å². The van der Waals surface area contributed by atoms with E-state index in [4.69, 9.17) is 11.6 Å². The Morgan fingerprint density at radius 3 is 2.64 bits per heavy atom. The summed E-state index contributed by atoms with van der Waals surface area (Å²) in [5, 5.41) is 19.6. The van der Waals surface area contributed by atoms with E-state index in [9.17, 15) is 9.90 Å². The molecule has 0 spiro atoms. The van der Waals surface area contributed by atoms with Crippen LogP contribution in [0.5, 0.6) is 5.75 Å². The number of aromatic amines is 1. The smallest absolute Gasteiger partial charge is 0.276 e. The van der Waals surface area contributed by atoms with Gasteiger partial charge in [-0.15, -0.1) is 0 Å². The van der Waals surface area contributed by atoms with E-state index in [0.29, 0.717) is 16.4 Å². The molecule has 2 aromatic carbocycles. The third-order valence-electron chi connectivity index (χ3n) is 3.07. The van der Waals surface area contributed by atoms with Gasteiger partial charge in [0.25, 0.3) is 5.91 Å². The van der Waals surface area contributed by atoms with Crippen LogP contribution >= 0.6 is 11.6 Å². The highest BCUT2D eigenvalue weighted by atomic mass is 35.5. The van der Waals surface area contributed by atoms with Crippen molar-refractivity contribution in [2.45, 2.75) is 0 Å². The molecule has 3 rings (SSSR count). The number of H-pyrrole nitrogens is 1. The highest BCUT2D eigenvalue weighted by molar-refractivity contribution is 6.30. The van der Waals surface area contributed by atoms with Crippen LogP contribution in [0.2, 0.25) is 5.02 Å². The van der Waals surface area contributed by atoms with Crippen LogP contribution in [0.4, 0.5) is 5.69 Å². The van der Waals surface area contributed by atoms with Crippen molar-refractivity contribution in [1.82, 2.24) is 10.2 Å². The fraction of sp³-hybridized carbons (Fsp3) is 0. The van der Waals surface area contributed by atoms with Crippen molar-refractivity contribution in [3.05, 3.63) is 65.3 Å². The molecular formula is C16H12ClN3O2. The fourth-order valence-electron chi connectivity index (χ4n) is 1.99. The molecule has 0 aliphatic heterocycles. The number of anilines is 1. The van der Waals surface area contributed by atoms with Crippen LogP contribution in [0.3, 0.4) is 0 Å². The summed E-state index contributed by atoms with van der Waals surface area (Å²) >= 11 is 5.80. The van der Waals surface area contributed by atoms with Crippen molar-refractivity contribution in [1.29, 1.82) is 0 Å². The van der Waals surface area contributed by atoms with Crippen molar-refractivity contribution in [3.63, 3.8) is 0 Å². The number of carbonyl (C=O) groups excluding carboxylic acids is 1. The highest BCUT2D eigenvalue weighted by Gasteiger charge is 2.12. The summed E-state index contributed by atoms with van der Waals surface area (Å²) in [5.41, 5.74) is 2.29. The summed E-state index contributed by atoms with van der Waals surface area (Å²) < 4.78 is 0. The van der Waals surface area contributed by atoms with Crippen LogP contribution in [0.15, 0.2) is 54.6 Å². The van der Waals surface area contributed by atoms with Gasteiger partial charge in [0, 0.05) is 16.3 Å². The lowest BCUT2D eigenvalue weighted by Gasteiger charge is -2.02. The number of halogens is 1. The van der Waals surface area contributed by atoms with Crippen LogP contribution in [0, 0.1) is 0 Å². The maximum Gasteiger partial charge on any atom is 0.276 e. The van der Waals surface area contributed by atoms with Gasteiger partial charge in [-0.25, -0.2) is 0 Å². The van der Waals surface area contributed by atoms with E-state index in [0.717, 1.165) is 5.56 Å². The number of phenols is 1. The number of aromatic hydroxyl groups is 1. The first-order chi connectivity index (χ1) is 10.6. The van der Waals surface area contributed by atoms with Gasteiger partial charge in [0.05, 0.1) is 5.69 Å². The molecule has 0 aliphatic rings. The monoisotopic (exact) mass is 313 g/mol. The number of hydrogen-bond acceptors (Lipinski definition) is 3. The third kappa shape index (κ3) is 3.10. The molecule has 0 bridgehead atoms. The van der Waals surface area contributed by atoms with E-state index >= 15 is 0 Å². The summed E-state index contributed by atoms with van der Waals surface area (Å²) in [6, 6.07) is 15.1. The number of amides is 1. The van der Waals surface area contributed by atoms with Crippen molar-refractivity contribution < 1.29 is 9.90 Å². The van der Waals surface area contributed by atoms with Crippen molar-refractivity contribution in [2.75, 3.05) is 5.32 Å². The van der Waals surface area contributed by atoms with Gasteiger partial charge in [0.2, 0.25) is 0 Å². The SMILES string of the molecule is O=C(Nc1ccc(Cl)cc1)c1cc(-c2cccc(O)c2)[nH]n1. The fourth-order valence-corrected chi connectivity index (χ4v) is 2.11. The first-order valence-electron chi connectivity index (χ1n) is 6.53. The first-order valence-corrected chi connectivity index (χ1v) is 6.91. The average molecular weight is 314 g/mol. The first kappa shape index (κ1) is 14.2. The zero-order valence-corrected chi connectivity index (χ0v) is 12.1. The molecule has 0 unspecified atom stereocenters. The van der Waals surface area contributed by atoms with Crippen LogP contribution < -0.4 is 5.32 Å². The van der Waals surface area contributed by atoms with Gasteiger partial charge in [0.15, 0.2) is 5.69 Å². The number of aromatic nitrogens is 2. The molecule has 0 fully saturated rings. The standard InChI is InChI=1S/C16H12ClN3O2/c17-11-4-6-12(7-5-11)18-16(22)15-9-14(19-20-15)10-2-1-3-13(21)8-10/h1-9,21H,(H,18,22)(H,19,20). The highest BCUT2D eigenvalue weighted by Crippen LogP contribution is 2.22. The van der Waals surface area contributed by atoms with E-state index in [-0.39, 0.29) is 17.4 Å². The molecule has 3 N–H and O–H groups in total. The van der Waals surface area contributed by atoms with Gasteiger partial charge in [-0.05, 0) is 42.5 Å².